The van der Waals surface area contributed by atoms with Crippen molar-refractivity contribution >= 4 is 0 Å². The molecule has 1 aromatic carbocycles. The molecule has 1 aromatic rings. The van der Waals surface area contributed by atoms with Crippen LogP contribution in [0.4, 0.5) is 8.78 Å². The van der Waals surface area contributed by atoms with Crippen LogP contribution in [0.25, 0.3) is 0 Å². The van der Waals surface area contributed by atoms with Gasteiger partial charge >= 0.3 is 0 Å². The normalized spacial score (nSPS) is 19.0. The first kappa shape index (κ1) is 10.6. The van der Waals surface area contributed by atoms with Crippen LogP contribution in [0.5, 0.6) is 0 Å². The van der Waals surface area contributed by atoms with Crippen LogP contribution < -0.4 is 5.73 Å². The zero-order valence-corrected chi connectivity index (χ0v) is 8.98. The fourth-order valence-electron chi connectivity index (χ4n) is 2.26. The van der Waals surface area contributed by atoms with Crippen molar-refractivity contribution in [3.05, 3.63) is 35.4 Å². The smallest absolute Gasteiger partial charge is 0.162 e. The largest absolute Gasteiger partial charge is 0.325 e. The summed E-state index contributed by atoms with van der Waals surface area (Å²) in [7, 11) is 0. The Kier molecular flexibility index (Phi) is 2.12. The molecule has 0 spiro atoms. The summed E-state index contributed by atoms with van der Waals surface area (Å²) >= 11 is 0. The topological polar surface area (TPSA) is 26.0 Å². The maximum Gasteiger partial charge on any atom is 0.162 e. The number of hydrogen-bond acceptors (Lipinski definition) is 1. The molecule has 1 aliphatic carbocycles. The quantitative estimate of drug-likeness (QED) is 0.799. The molecule has 0 aromatic heterocycles. The van der Waals surface area contributed by atoms with Gasteiger partial charge in [-0.3, -0.25) is 0 Å². The highest BCUT2D eigenvalue weighted by Crippen LogP contribution is 2.55. The molecule has 0 heterocycles. The first-order chi connectivity index (χ1) is 6.88. The Morgan fingerprint density at radius 2 is 1.87 bits per heavy atom. The van der Waals surface area contributed by atoms with E-state index in [1.54, 1.807) is 12.1 Å². The minimum atomic E-state index is -0.789. The molecule has 82 valence electrons. The summed E-state index contributed by atoms with van der Waals surface area (Å²) in [5, 5.41) is 0. The Morgan fingerprint density at radius 1 is 1.27 bits per heavy atom. The zero-order valence-electron chi connectivity index (χ0n) is 8.98. The van der Waals surface area contributed by atoms with E-state index in [2.05, 4.69) is 0 Å². The molecule has 1 nitrogen and oxygen atoms in total. The van der Waals surface area contributed by atoms with Gasteiger partial charge in [-0.05, 0) is 38.3 Å². The lowest BCUT2D eigenvalue weighted by Gasteiger charge is -2.31. The van der Waals surface area contributed by atoms with E-state index in [0.29, 0.717) is 5.56 Å². The van der Waals surface area contributed by atoms with Crippen molar-refractivity contribution in [1.29, 1.82) is 0 Å². The van der Waals surface area contributed by atoms with E-state index >= 15 is 0 Å². The third-order valence-corrected chi connectivity index (χ3v) is 3.45. The average molecular weight is 211 g/mol. The second kappa shape index (κ2) is 3.01. The first-order valence-corrected chi connectivity index (χ1v) is 5.12. The van der Waals surface area contributed by atoms with Gasteiger partial charge in [0.1, 0.15) is 0 Å². The molecule has 0 bridgehead atoms. The Hall–Kier alpha value is -0.960. The summed E-state index contributed by atoms with van der Waals surface area (Å²) in [6, 6.07) is 4.32. The summed E-state index contributed by atoms with van der Waals surface area (Å²) in [5.74, 6) is -1.53. The van der Waals surface area contributed by atoms with Crippen LogP contribution in [0.15, 0.2) is 18.2 Å². The number of halogens is 2. The maximum atomic E-state index is 13.6. The van der Waals surface area contributed by atoms with E-state index in [1.165, 1.54) is 0 Å². The number of rotatable bonds is 2. The van der Waals surface area contributed by atoms with Gasteiger partial charge in [0.25, 0.3) is 0 Å². The highest BCUT2D eigenvalue weighted by Gasteiger charge is 2.55. The highest BCUT2D eigenvalue weighted by molar-refractivity contribution is 5.37. The van der Waals surface area contributed by atoms with E-state index in [4.69, 9.17) is 5.73 Å². The molecule has 0 atom stereocenters. The van der Waals surface area contributed by atoms with Gasteiger partial charge in [0.2, 0.25) is 0 Å². The highest BCUT2D eigenvalue weighted by atomic mass is 19.2. The van der Waals surface area contributed by atoms with Gasteiger partial charge in [0.05, 0.1) is 0 Å². The summed E-state index contributed by atoms with van der Waals surface area (Å²) in [4.78, 5) is 0. The number of hydrogen-bond donors (Lipinski definition) is 1. The van der Waals surface area contributed by atoms with E-state index in [9.17, 15) is 8.78 Å². The van der Waals surface area contributed by atoms with Gasteiger partial charge < -0.3 is 5.73 Å². The lowest BCUT2D eigenvalue weighted by Crippen LogP contribution is -2.45. The van der Waals surface area contributed by atoms with E-state index in [0.717, 1.165) is 18.9 Å². The predicted molar refractivity (Wildman–Crippen MR) is 55.5 cm³/mol. The lowest BCUT2D eigenvalue weighted by molar-refractivity contribution is 0.371. The van der Waals surface area contributed by atoms with Gasteiger partial charge in [0, 0.05) is 11.0 Å². The molecular weight excluding hydrogens is 196 g/mol. The zero-order chi connectivity index (χ0) is 11.3. The summed E-state index contributed by atoms with van der Waals surface area (Å²) in [6.45, 7) is 3.73. The van der Waals surface area contributed by atoms with Crippen molar-refractivity contribution in [3.8, 4) is 0 Å². The second-order valence-electron chi connectivity index (χ2n) is 4.91. The van der Waals surface area contributed by atoms with Gasteiger partial charge in [-0.25, -0.2) is 8.78 Å². The van der Waals surface area contributed by atoms with Crippen LogP contribution in [0.3, 0.4) is 0 Å². The Bertz CT molecular complexity index is 389. The maximum absolute atomic E-state index is 13.6. The van der Waals surface area contributed by atoms with Crippen LogP contribution in [-0.2, 0) is 5.41 Å². The summed E-state index contributed by atoms with van der Waals surface area (Å²) in [6.07, 6.45) is 1.66. The summed E-state index contributed by atoms with van der Waals surface area (Å²) < 4.78 is 26.7. The molecule has 1 fully saturated rings. The molecule has 15 heavy (non-hydrogen) atoms. The van der Waals surface area contributed by atoms with Crippen LogP contribution >= 0.6 is 0 Å². The van der Waals surface area contributed by atoms with Gasteiger partial charge in [-0.15, -0.1) is 0 Å². The van der Waals surface area contributed by atoms with Gasteiger partial charge in [0.15, 0.2) is 11.6 Å². The SMILES string of the molecule is CC(C)(N)C1(c2cccc(F)c2F)CC1. The molecule has 1 aliphatic rings. The van der Waals surface area contributed by atoms with Gasteiger partial charge in [-0.1, -0.05) is 12.1 Å². The predicted octanol–water partition coefficient (Wildman–Crippen LogP) is 2.73. The molecule has 2 rings (SSSR count). The Balaban J connectivity index is 2.51. The van der Waals surface area contributed by atoms with Crippen LogP contribution in [-0.4, -0.2) is 5.54 Å². The molecule has 0 amide bonds. The van der Waals surface area contributed by atoms with E-state index in [-0.39, 0.29) is 5.41 Å². The molecule has 0 unspecified atom stereocenters. The van der Waals surface area contributed by atoms with Crippen LogP contribution in [0, 0.1) is 11.6 Å². The third-order valence-electron chi connectivity index (χ3n) is 3.45. The molecule has 2 N–H and O–H groups in total. The number of benzene rings is 1. The van der Waals surface area contributed by atoms with E-state index < -0.39 is 17.2 Å². The molecule has 0 aliphatic heterocycles. The Morgan fingerprint density at radius 3 is 2.33 bits per heavy atom. The van der Waals surface area contributed by atoms with Gasteiger partial charge in [-0.2, -0.15) is 0 Å². The van der Waals surface area contributed by atoms with Crippen LogP contribution in [0.1, 0.15) is 32.3 Å². The average Bonchev–Trinajstić information content (AvgIpc) is 2.89. The van der Waals surface area contributed by atoms with Crippen molar-refractivity contribution in [3.63, 3.8) is 0 Å². The van der Waals surface area contributed by atoms with Crippen molar-refractivity contribution in [2.45, 2.75) is 37.6 Å². The van der Waals surface area contributed by atoms with Crippen molar-refractivity contribution in [2.75, 3.05) is 0 Å². The minimum absolute atomic E-state index is 0.376. The fourth-order valence-corrected chi connectivity index (χ4v) is 2.26. The fraction of sp³-hybridized carbons (Fsp3) is 0.500. The van der Waals surface area contributed by atoms with Crippen molar-refractivity contribution in [1.82, 2.24) is 0 Å². The van der Waals surface area contributed by atoms with Crippen molar-refractivity contribution in [2.24, 2.45) is 5.73 Å². The number of nitrogens with two attached hydrogens (primary N) is 1. The van der Waals surface area contributed by atoms with Crippen molar-refractivity contribution < 1.29 is 8.78 Å². The standard InChI is InChI=1S/C12H15F2N/c1-11(2,15)12(6-7-12)8-4-3-5-9(13)10(8)14/h3-5H,6-7,15H2,1-2H3. The molecule has 0 radical (unpaired) electrons. The minimum Gasteiger partial charge on any atom is -0.325 e. The molecule has 1 saturated carbocycles. The lowest BCUT2D eigenvalue weighted by atomic mass is 9.79. The summed E-state index contributed by atoms with van der Waals surface area (Å²) in [5.41, 5.74) is 5.58. The second-order valence-corrected chi connectivity index (χ2v) is 4.91. The molecule has 0 saturated heterocycles. The first-order valence-electron chi connectivity index (χ1n) is 5.12. The monoisotopic (exact) mass is 211 g/mol. The molecule has 3 heteroatoms. The van der Waals surface area contributed by atoms with Crippen LogP contribution in [0.2, 0.25) is 0 Å². The Labute approximate surface area is 88.3 Å². The third kappa shape index (κ3) is 1.46. The van der Waals surface area contributed by atoms with E-state index in [1.807, 2.05) is 13.8 Å². The molecular formula is C12H15F2N.